The van der Waals surface area contributed by atoms with E-state index in [1.165, 1.54) is 40.2 Å². The van der Waals surface area contributed by atoms with Gasteiger partial charge < -0.3 is 22.4 Å². The molecule has 2 aliphatic rings. The van der Waals surface area contributed by atoms with Gasteiger partial charge >= 0.3 is 35.5 Å². The van der Waals surface area contributed by atoms with Gasteiger partial charge in [-0.1, -0.05) is 16.9 Å². The summed E-state index contributed by atoms with van der Waals surface area (Å²) in [6, 6.07) is -0.924. The Labute approximate surface area is 228 Å². The van der Waals surface area contributed by atoms with Crippen molar-refractivity contribution in [2.75, 3.05) is 24.3 Å². The number of nitrogens with zero attached hydrogens (tertiary/aromatic N) is 7. The van der Waals surface area contributed by atoms with Crippen LogP contribution in [0.15, 0.2) is 27.0 Å². The number of tetrazole rings is 1. The SMILES string of the molecule is CO/N=C(\C(=O)N[C@@H]1C(=O)N2C(C(=O)O)=C(CSc3nnnn3C)CS[C@H]12)c1csc(N)n1.[H-].[Na+]. The first-order valence-electron chi connectivity index (χ1n) is 9.20. The molecule has 14 nitrogen and oxygen atoms in total. The van der Waals surface area contributed by atoms with Crippen LogP contribution >= 0.6 is 34.9 Å². The summed E-state index contributed by atoms with van der Waals surface area (Å²) in [6.45, 7) is 0. The second-order valence-electron chi connectivity index (χ2n) is 6.69. The second kappa shape index (κ2) is 11.0. The predicted octanol–water partition coefficient (Wildman–Crippen LogP) is -3.75. The summed E-state index contributed by atoms with van der Waals surface area (Å²) in [5.74, 6) is -1.77. The second-order valence-corrected chi connectivity index (χ2v) is 9.62. The molecule has 4 N–H and O–H groups in total. The van der Waals surface area contributed by atoms with Gasteiger partial charge in [0, 0.05) is 23.9 Å². The van der Waals surface area contributed by atoms with Crippen LogP contribution in [0.3, 0.4) is 0 Å². The number of nitrogen functional groups attached to an aromatic ring is 1. The zero-order valence-corrected chi connectivity index (χ0v) is 22.6. The quantitative estimate of drug-likeness (QED) is 0.0985. The molecule has 0 unspecified atom stereocenters. The standard InChI is InChI=1S/C16H17N9O5S3.Na.H/c1-24-16(20-22-23-24)33-4-6-3-31-13-9(12(27)25(13)10(6)14(28)29)19-11(26)8(21-30-2)7-5-32-15(17)18-7;;/h5,9,13H,3-4H2,1-2H3,(H2,17,18)(H,19,26)(H,28,29);;/q;+1;-1/b21-8-;;/t9-,13-;;/m1../s1. The van der Waals surface area contributed by atoms with Crippen molar-refractivity contribution in [3.05, 3.63) is 22.3 Å². The Morgan fingerprint density at radius 2 is 2.26 bits per heavy atom. The van der Waals surface area contributed by atoms with E-state index in [1.54, 1.807) is 12.4 Å². The Morgan fingerprint density at radius 3 is 2.85 bits per heavy atom. The predicted molar refractivity (Wildman–Crippen MR) is 120 cm³/mol. The minimum atomic E-state index is -1.22. The van der Waals surface area contributed by atoms with Crippen LogP contribution in [0.25, 0.3) is 0 Å². The molecule has 4 heterocycles. The zero-order chi connectivity index (χ0) is 23.7. The normalized spacial score (nSPS) is 19.8. The number of thiazole rings is 1. The third-order valence-corrected chi connectivity index (χ3v) is 7.77. The molecule has 2 aliphatic heterocycles. The maximum Gasteiger partial charge on any atom is 1.00 e. The largest absolute Gasteiger partial charge is 1.00 e. The topological polar surface area (TPSA) is 191 Å². The van der Waals surface area contributed by atoms with Crippen LogP contribution < -0.4 is 40.6 Å². The first-order valence-corrected chi connectivity index (χ1v) is 12.1. The molecule has 0 spiro atoms. The van der Waals surface area contributed by atoms with E-state index in [-0.39, 0.29) is 53.2 Å². The number of carboxylic acids is 1. The van der Waals surface area contributed by atoms with Crippen LogP contribution in [0.5, 0.6) is 0 Å². The maximum atomic E-state index is 12.9. The maximum absolute atomic E-state index is 12.9. The number of aryl methyl sites for hydroxylation is 1. The number of thioether (sulfide) groups is 2. The number of hydrogen-bond donors (Lipinski definition) is 3. The summed E-state index contributed by atoms with van der Waals surface area (Å²) in [4.78, 5) is 47.6. The Bertz CT molecular complexity index is 1190. The van der Waals surface area contributed by atoms with Crippen LogP contribution in [-0.2, 0) is 26.3 Å². The van der Waals surface area contributed by atoms with Gasteiger partial charge in [0.05, 0.1) is 0 Å². The number of hydrogen-bond acceptors (Lipinski definition) is 13. The van der Waals surface area contributed by atoms with Crippen molar-refractivity contribution in [1.82, 2.24) is 35.4 Å². The molecule has 2 amide bonds. The number of oxime groups is 1. The van der Waals surface area contributed by atoms with Gasteiger partial charge in [0.15, 0.2) is 10.8 Å². The van der Waals surface area contributed by atoms with E-state index in [1.807, 2.05) is 0 Å². The van der Waals surface area contributed by atoms with Crippen LogP contribution in [0.2, 0.25) is 0 Å². The smallest absolute Gasteiger partial charge is 1.00 e. The molecule has 0 aromatic carbocycles. The van der Waals surface area contributed by atoms with Crippen molar-refractivity contribution in [2.45, 2.75) is 16.6 Å². The number of carboxylic acid groups (broad SMARTS) is 1. The minimum Gasteiger partial charge on any atom is -1.00 e. The Morgan fingerprint density at radius 1 is 1.50 bits per heavy atom. The third-order valence-electron chi connectivity index (χ3n) is 4.66. The van der Waals surface area contributed by atoms with Crippen molar-refractivity contribution in [3.63, 3.8) is 0 Å². The molecule has 2 atom stereocenters. The molecule has 2 aromatic heterocycles. The molecule has 0 aliphatic carbocycles. The molecule has 4 rings (SSSR count). The first kappa shape index (κ1) is 26.4. The number of rotatable bonds is 8. The first-order chi connectivity index (χ1) is 15.8. The Hall–Kier alpha value is -2.18. The van der Waals surface area contributed by atoms with Crippen molar-refractivity contribution in [3.8, 4) is 0 Å². The van der Waals surface area contributed by atoms with Crippen LogP contribution in [0.1, 0.15) is 7.12 Å². The van der Waals surface area contributed by atoms with Crippen molar-refractivity contribution in [2.24, 2.45) is 12.2 Å². The molecule has 34 heavy (non-hydrogen) atoms. The summed E-state index contributed by atoms with van der Waals surface area (Å²) in [6.07, 6.45) is 0. The van der Waals surface area contributed by atoms with Crippen molar-refractivity contribution in [1.29, 1.82) is 0 Å². The number of β-lactam (4-membered cyclic amide) rings is 1. The van der Waals surface area contributed by atoms with Gasteiger partial charge in [0.25, 0.3) is 11.8 Å². The van der Waals surface area contributed by atoms with Crippen LogP contribution in [0.4, 0.5) is 5.13 Å². The van der Waals surface area contributed by atoms with E-state index >= 15 is 0 Å². The van der Waals surface area contributed by atoms with Crippen LogP contribution in [0, 0.1) is 0 Å². The van der Waals surface area contributed by atoms with Gasteiger partial charge in [0.1, 0.15) is 29.9 Å². The summed E-state index contributed by atoms with van der Waals surface area (Å²) >= 11 is 3.75. The molecular formula is C16H18N9NaO5S3. The summed E-state index contributed by atoms with van der Waals surface area (Å²) in [7, 11) is 2.95. The number of carbonyl (C=O) groups is 3. The van der Waals surface area contributed by atoms with Gasteiger partial charge in [-0.15, -0.1) is 28.2 Å². The number of aliphatic carboxylic acids is 1. The third kappa shape index (κ3) is 5.08. The molecule has 18 heteroatoms. The van der Waals surface area contributed by atoms with Gasteiger partial charge in [-0.3, -0.25) is 14.5 Å². The molecule has 0 radical (unpaired) electrons. The van der Waals surface area contributed by atoms with Gasteiger partial charge in [-0.25, -0.2) is 14.5 Å². The number of aromatic nitrogens is 5. The van der Waals surface area contributed by atoms with E-state index in [2.05, 4.69) is 31.0 Å². The van der Waals surface area contributed by atoms with Crippen LogP contribution in [-0.4, -0.2) is 88.7 Å². The number of anilines is 1. The number of nitrogens with one attached hydrogen (secondary N) is 1. The molecule has 2 aromatic rings. The minimum absolute atomic E-state index is 0. The molecule has 1 saturated heterocycles. The number of amides is 2. The van der Waals surface area contributed by atoms with E-state index in [0.717, 1.165) is 11.3 Å². The average molecular weight is 536 g/mol. The fourth-order valence-electron chi connectivity index (χ4n) is 3.19. The molecule has 0 saturated carbocycles. The van der Waals surface area contributed by atoms with E-state index < -0.39 is 29.2 Å². The van der Waals surface area contributed by atoms with E-state index in [0.29, 0.717) is 22.2 Å². The van der Waals surface area contributed by atoms with E-state index in [9.17, 15) is 19.5 Å². The monoisotopic (exact) mass is 535 g/mol. The Kier molecular flexibility index (Phi) is 8.58. The molecular weight excluding hydrogens is 517 g/mol. The fourth-order valence-corrected chi connectivity index (χ4v) is 6.07. The summed E-state index contributed by atoms with van der Waals surface area (Å²) in [5, 5.41) is 29.0. The van der Waals surface area contributed by atoms with Gasteiger partial charge in [0.2, 0.25) is 5.16 Å². The van der Waals surface area contributed by atoms with Crippen molar-refractivity contribution >= 4 is 63.5 Å². The molecule has 0 bridgehead atoms. The number of nitrogens with two attached hydrogens (primary N) is 1. The van der Waals surface area contributed by atoms with E-state index in [4.69, 9.17) is 10.6 Å². The summed E-state index contributed by atoms with van der Waals surface area (Å²) in [5.41, 5.74) is 6.17. The average Bonchev–Trinajstić information content (AvgIpc) is 3.40. The summed E-state index contributed by atoms with van der Waals surface area (Å²) < 4.78 is 1.47. The number of fused-ring (bicyclic) bond motifs is 1. The van der Waals surface area contributed by atoms with Gasteiger partial charge in [-0.05, 0) is 16.0 Å². The number of carbonyl (C=O) groups excluding carboxylic acids is 2. The molecule has 1 fully saturated rings. The Balaban J connectivity index is 0.00000216. The molecule has 176 valence electrons. The van der Waals surface area contributed by atoms with Gasteiger partial charge in [-0.2, -0.15) is 0 Å². The van der Waals surface area contributed by atoms with Crippen molar-refractivity contribution < 1.29 is 55.3 Å². The fraction of sp³-hybridized carbons (Fsp3) is 0.375. The zero-order valence-electron chi connectivity index (χ0n) is 19.2.